The maximum absolute atomic E-state index is 4.98. The Hall–Kier alpha value is -2.21. The first-order valence-corrected chi connectivity index (χ1v) is 4.84. The zero-order chi connectivity index (χ0) is 10.6. The minimum Gasteiger partial charge on any atom is -0.106 e. The van der Waals surface area contributed by atoms with E-state index in [0.717, 1.165) is 0 Å². The van der Waals surface area contributed by atoms with Gasteiger partial charge in [-0.25, -0.2) is 0 Å². The predicted octanol–water partition coefficient (Wildman–Crippen LogP) is 1.64. The Labute approximate surface area is 86.6 Å². The van der Waals surface area contributed by atoms with Gasteiger partial charge in [-0.3, -0.25) is 0 Å². The molecule has 0 aliphatic carbocycles. The van der Waals surface area contributed by atoms with E-state index in [2.05, 4.69) is 58.4 Å². The Morgan fingerprint density at radius 2 is 1.29 bits per heavy atom. The van der Waals surface area contributed by atoms with Crippen LogP contribution >= 0.6 is 7.92 Å². The van der Waals surface area contributed by atoms with E-state index in [-0.39, 0.29) is 0 Å². The van der Waals surface area contributed by atoms with Gasteiger partial charge in [-0.05, 0) is 59.4 Å². The van der Waals surface area contributed by atoms with Crippen LogP contribution in [0.3, 0.4) is 0 Å². The molecule has 0 rings (SSSR count). The minimum absolute atomic E-state index is 1.05. The largest absolute Gasteiger partial charge is 0.130 e. The monoisotopic (exact) mass is 192 g/mol. The molecule has 62 valence electrons. The number of hydrogen-bond donors (Lipinski definition) is 0. The van der Waals surface area contributed by atoms with Crippen LogP contribution in [0.25, 0.3) is 0 Å². The third kappa shape index (κ3) is 6.50. The molecule has 0 aliphatic heterocycles. The topological polar surface area (TPSA) is 0 Å². The van der Waals surface area contributed by atoms with Crippen LogP contribution < -0.4 is 0 Å². The van der Waals surface area contributed by atoms with Crippen molar-refractivity contribution in [2.75, 3.05) is 0 Å². The van der Waals surface area contributed by atoms with E-state index in [1.807, 2.05) is 0 Å². The normalized spacial score (nSPS) is 5.14. The van der Waals surface area contributed by atoms with Crippen molar-refractivity contribution in [2.24, 2.45) is 0 Å². The van der Waals surface area contributed by atoms with Crippen molar-refractivity contribution < 1.29 is 0 Å². The third-order valence-electron chi connectivity index (χ3n) is 0.835. The van der Waals surface area contributed by atoms with Gasteiger partial charge in [0.15, 0.2) is 0 Å². The van der Waals surface area contributed by atoms with E-state index in [1.165, 1.54) is 0 Å². The average Bonchev–Trinajstić information content (AvgIpc) is 2.21. The molecule has 14 heavy (non-hydrogen) atoms. The molecule has 0 saturated carbocycles. The summed E-state index contributed by atoms with van der Waals surface area (Å²) in [6.07, 6.45) is 9.96. The second-order valence-corrected chi connectivity index (χ2v) is 3.05. The van der Waals surface area contributed by atoms with Crippen molar-refractivity contribution in [1.82, 2.24) is 0 Å². The molecule has 0 aromatic rings. The summed E-state index contributed by atoms with van der Waals surface area (Å²) in [7, 11) is -1.05. The maximum Gasteiger partial charge on any atom is 0.130 e. The summed E-state index contributed by atoms with van der Waals surface area (Å²) in [5, 5.41) is 0. The van der Waals surface area contributed by atoms with Gasteiger partial charge in [-0.15, -0.1) is 12.8 Å². The van der Waals surface area contributed by atoms with Crippen molar-refractivity contribution in [3.8, 4) is 71.3 Å². The molecule has 0 aromatic carbocycles. The summed E-state index contributed by atoms with van der Waals surface area (Å²) < 4.78 is 0. The summed E-state index contributed by atoms with van der Waals surface area (Å²) in [6, 6.07) is 0. The molecule has 0 atom stereocenters. The smallest absolute Gasteiger partial charge is 0.106 e. The van der Waals surface area contributed by atoms with Gasteiger partial charge in [-0.2, -0.15) is 0 Å². The molecule has 0 heterocycles. The standard InChI is InChI=1S/C13H5P/c1-4-7-10-13-14(11-8-5-2)12-9-6-3/h2-3H,1H3. The van der Waals surface area contributed by atoms with Crippen LogP contribution in [0.4, 0.5) is 0 Å². The van der Waals surface area contributed by atoms with Crippen molar-refractivity contribution in [1.29, 1.82) is 0 Å². The molecule has 0 spiro atoms. The van der Waals surface area contributed by atoms with Gasteiger partial charge in [0.25, 0.3) is 0 Å². The van der Waals surface area contributed by atoms with E-state index in [4.69, 9.17) is 12.8 Å². The lowest BCUT2D eigenvalue weighted by Gasteiger charge is -1.84. The van der Waals surface area contributed by atoms with E-state index in [0.29, 0.717) is 0 Å². The minimum atomic E-state index is -1.05. The summed E-state index contributed by atoms with van der Waals surface area (Å²) in [4.78, 5) is 0. The highest BCUT2D eigenvalue weighted by atomic mass is 31.1. The van der Waals surface area contributed by atoms with Crippen LogP contribution in [0.15, 0.2) is 0 Å². The van der Waals surface area contributed by atoms with Crippen molar-refractivity contribution in [2.45, 2.75) is 6.92 Å². The second-order valence-electron chi connectivity index (χ2n) is 1.71. The van der Waals surface area contributed by atoms with Gasteiger partial charge >= 0.3 is 0 Å². The Morgan fingerprint density at radius 3 is 1.71 bits per heavy atom. The van der Waals surface area contributed by atoms with Gasteiger partial charge < -0.3 is 0 Å². The van der Waals surface area contributed by atoms with Crippen molar-refractivity contribution in [3.63, 3.8) is 0 Å². The van der Waals surface area contributed by atoms with Crippen LogP contribution in [-0.4, -0.2) is 0 Å². The fraction of sp³-hybridized carbons (Fsp3) is 0.0769. The quantitative estimate of drug-likeness (QED) is 0.404. The number of hydrogen-bond acceptors (Lipinski definition) is 0. The van der Waals surface area contributed by atoms with Gasteiger partial charge in [0.2, 0.25) is 0 Å². The van der Waals surface area contributed by atoms with Crippen LogP contribution in [0.5, 0.6) is 0 Å². The van der Waals surface area contributed by atoms with E-state index < -0.39 is 7.92 Å². The predicted molar refractivity (Wildman–Crippen MR) is 61.4 cm³/mol. The molecule has 1 heteroatoms. The molecule has 0 amide bonds. The molecular formula is C13H5P. The molecule has 0 unspecified atom stereocenters. The van der Waals surface area contributed by atoms with Crippen molar-refractivity contribution >= 4 is 7.92 Å². The van der Waals surface area contributed by atoms with Gasteiger partial charge in [0.05, 0.1) is 0 Å². The summed E-state index contributed by atoms with van der Waals surface area (Å²) >= 11 is 0. The average molecular weight is 192 g/mol. The van der Waals surface area contributed by atoms with Crippen LogP contribution in [0.2, 0.25) is 0 Å². The molecule has 0 saturated heterocycles. The fourth-order valence-electron chi connectivity index (χ4n) is 0.407. The van der Waals surface area contributed by atoms with E-state index in [9.17, 15) is 0 Å². The molecule has 0 bridgehead atoms. The molecule has 0 aromatic heterocycles. The zero-order valence-corrected chi connectivity index (χ0v) is 8.50. The first kappa shape index (κ1) is 11.8. The Balaban J connectivity index is 4.77. The Morgan fingerprint density at radius 1 is 0.786 bits per heavy atom. The second kappa shape index (κ2) is 8.88. The highest BCUT2D eigenvalue weighted by Crippen LogP contribution is 2.29. The highest BCUT2D eigenvalue weighted by molar-refractivity contribution is 7.72. The van der Waals surface area contributed by atoms with Crippen molar-refractivity contribution in [3.05, 3.63) is 0 Å². The Bertz CT molecular complexity index is 476. The molecule has 0 radical (unpaired) electrons. The summed E-state index contributed by atoms with van der Waals surface area (Å²) in [6.45, 7) is 1.71. The lowest BCUT2D eigenvalue weighted by atomic mass is 10.6. The molecule has 0 fully saturated rings. The fourth-order valence-corrected chi connectivity index (χ4v) is 1.09. The molecule has 0 aliphatic rings. The lowest BCUT2D eigenvalue weighted by molar-refractivity contribution is 1.92. The molecule has 0 nitrogen and oxygen atoms in total. The van der Waals surface area contributed by atoms with Crippen LogP contribution in [0, 0.1) is 71.3 Å². The van der Waals surface area contributed by atoms with Gasteiger partial charge in [-0.1, -0.05) is 5.92 Å². The number of terminal acetylenes is 2. The van der Waals surface area contributed by atoms with E-state index in [1.54, 1.807) is 6.92 Å². The van der Waals surface area contributed by atoms with E-state index >= 15 is 0 Å². The maximum atomic E-state index is 4.98. The highest BCUT2D eigenvalue weighted by Gasteiger charge is 1.91. The SMILES string of the molecule is C#CC#CP(C#CC#C)C#CC#CC. The van der Waals surface area contributed by atoms with Crippen LogP contribution in [0.1, 0.15) is 6.92 Å². The van der Waals surface area contributed by atoms with Crippen LogP contribution in [-0.2, 0) is 0 Å². The summed E-state index contributed by atoms with van der Waals surface area (Å²) in [5.41, 5.74) is 8.26. The van der Waals surface area contributed by atoms with Gasteiger partial charge in [0.1, 0.15) is 7.92 Å². The zero-order valence-electron chi connectivity index (χ0n) is 7.60. The Kier molecular flexibility index (Phi) is 7.48. The third-order valence-corrected chi connectivity index (χ3v) is 1.84. The van der Waals surface area contributed by atoms with Gasteiger partial charge in [0, 0.05) is 0 Å². The summed E-state index contributed by atoms with van der Waals surface area (Å²) in [5.74, 6) is 17.2. The first-order chi connectivity index (χ1) is 6.85. The lowest BCUT2D eigenvalue weighted by Crippen LogP contribution is -1.60. The molecule has 0 N–H and O–H groups in total. The molecular weight excluding hydrogens is 187 g/mol. The number of rotatable bonds is 0. The first-order valence-electron chi connectivity index (χ1n) is 3.50.